The maximum Gasteiger partial charge on any atom is 0.433 e. The lowest BCUT2D eigenvalue weighted by Crippen LogP contribution is -2.11. The minimum absolute atomic E-state index is 0. The molecule has 0 bridgehead atoms. The van der Waals surface area contributed by atoms with Gasteiger partial charge < -0.3 is 9.73 Å². The summed E-state index contributed by atoms with van der Waals surface area (Å²) >= 11 is 0. The average molecular weight is 219 g/mol. The monoisotopic (exact) mass is 218 g/mol. The van der Waals surface area contributed by atoms with Gasteiger partial charge in [-0.3, -0.25) is 10.1 Å². The van der Waals surface area contributed by atoms with Gasteiger partial charge in [-0.25, -0.2) is 0 Å². The highest BCUT2D eigenvalue weighted by molar-refractivity contribution is 5.85. The number of nitrogens with one attached hydrogen (secondary N) is 1. The lowest BCUT2D eigenvalue weighted by Gasteiger charge is -2.03. The van der Waals surface area contributed by atoms with Gasteiger partial charge in [0.05, 0.1) is 12.1 Å². The van der Waals surface area contributed by atoms with Crippen molar-refractivity contribution in [3.63, 3.8) is 0 Å². The fourth-order valence-electron chi connectivity index (χ4n) is 1.56. The summed E-state index contributed by atoms with van der Waals surface area (Å²) in [6.07, 6.45) is 2.09. The van der Waals surface area contributed by atoms with Crippen LogP contribution in [-0.2, 0) is 0 Å². The number of nitrogens with zero attached hydrogens (tertiary/aromatic N) is 1. The van der Waals surface area contributed by atoms with Gasteiger partial charge in [0, 0.05) is 0 Å². The quantitative estimate of drug-likeness (QED) is 0.609. The lowest BCUT2D eigenvalue weighted by molar-refractivity contribution is -0.402. The molecule has 1 saturated heterocycles. The Morgan fingerprint density at radius 3 is 2.86 bits per heavy atom. The van der Waals surface area contributed by atoms with Crippen molar-refractivity contribution in [3.8, 4) is 0 Å². The van der Waals surface area contributed by atoms with E-state index in [4.69, 9.17) is 4.42 Å². The second-order valence-corrected chi connectivity index (χ2v) is 3.08. The van der Waals surface area contributed by atoms with Gasteiger partial charge in [0.2, 0.25) is 0 Å². The first kappa shape index (κ1) is 11.0. The van der Waals surface area contributed by atoms with Crippen LogP contribution in [0.15, 0.2) is 16.5 Å². The first-order chi connectivity index (χ1) is 6.27. The molecule has 2 heterocycles. The molecule has 1 N–H and O–H groups in total. The van der Waals surface area contributed by atoms with E-state index >= 15 is 0 Å². The van der Waals surface area contributed by atoms with E-state index < -0.39 is 4.92 Å². The minimum Gasteiger partial charge on any atom is -0.404 e. The molecule has 1 aliphatic heterocycles. The van der Waals surface area contributed by atoms with Crippen molar-refractivity contribution in [2.24, 2.45) is 0 Å². The summed E-state index contributed by atoms with van der Waals surface area (Å²) < 4.78 is 5.07. The Kier molecular flexibility index (Phi) is 3.49. The van der Waals surface area contributed by atoms with Crippen LogP contribution < -0.4 is 5.32 Å². The van der Waals surface area contributed by atoms with Crippen LogP contribution in [0, 0.1) is 10.1 Å². The van der Waals surface area contributed by atoms with E-state index in [0.717, 1.165) is 19.4 Å². The first-order valence-electron chi connectivity index (χ1n) is 4.25. The second kappa shape index (κ2) is 4.43. The Morgan fingerprint density at radius 1 is 1.57 bits per heavy atom. The van der Waals surface area contributed by atoms with Crippen molar-refractivity contribution < 1.29 is 9.34 Å². The molecule has 78 valence electrons. The van der Waals surface area contributed by atoms with Gasteiger partial charge in [0.25, 0.3) is 0 Å². The summed E-state index contributed by atoms with van der Waals surface area (Å²) in [5.74, 6) is 0.493. The molecular formula is C8H11ClN2O3. The zero-order chi connectivity index (χ0) is 9.26. The van der Waals surface area contributed by atoms with E-state index in [9.17, 15) is 10.1 Å². The third-order valence-corrected chi connectivity index (χ3v) is 2.20. The molecule has 0 amide bonds. The smallest absolute Gasteiger partial charge is 0.404 e. The fourth-order valence-corrected chi connectivity index (χ4v) is 1.56. The van der Waals surface area contributed by atoms with Crippen LogP contribution >= 0.6 is 12.4 Å². The van der Waals surface area contributed by atoms with Crippen molar-refractivity contribution >= 4 is 18.3 Å². The molecule has 0 unspecified atom stereocenters. The Balaban J connectivity index is 0.000000980. The highest BCUT2D eigenvalue weighted by atomic mass is 35.5. The molecule has 1 aromatic rings. The lowest BCUT2D eigenvalue weighted by atomic mass is 10.2. The summed E-state index contributed by atoms with van der Waals surface area (Å²) in [4.78, 5) is 9.81. The zero-order valence-electron chi connectivity index (χ0n) is 7.43. The van der Waals surface area contributed by atoms with Crippen molar-refractivity contribution in [1.82, 2.24) is 5.32 Å². The predicted octanol–water partition coefficient (Wildman–Crippen LogP) is 2.03. The van der Waals surface area contributed by atoms with Gasteiger partial charge >= 0.3 is 5.88 Å². The van der Waals surface area contributed by atoms with E-state index in [2.05, 4.69) is 5.32 Å². The van der Waals surface area contributed by atoms with Gasteiger partial charge in [0.15, 0.2) is 0 Å². The van der Waals surface area contributed by atoms with Crippen LogP contribution in [0.5, 0.6) is 0 Å². The van der Waals surface area contributed by atoms with E-state index in [1.54, 1.807) is 6.07 Å². The topological polar surface area (TPSA) is 68.3 Å². The maximum absolute atomic E-state index is 10.3. The standard InChI is InChI=1S/C8H10N2O3.ClH/c11-10(12)8-4-3-7(13-8)6-2-1-5-9-6;/h3-4,6,9H,1-2,5H2;1H/t6-;/m1./s1. The molecule has 0 saturated carbocycles. The molecule has 0 radical (unpaired) electrons. The number of nitro groups is 1. The van der Waals surface area contributed by atoms with Crippen LogP contribution in [0.25, 0.3) is 0 Å². The molecular weight excluding hydrogens is 208 g/mol. The molecule has 1 atom stereocenters. The van der Waals surface area contributed by atoms with Gasteiger partial charge in [-0.2, -0.15) is 0 Å². The SMILES string of the molecule is Cl.O=[N+]([O-])c1ccc([C@H]2CCCN2)o1. The highest BCUT2D eigenvalue weighted by Crippen LogP contribution is 2.27. The molecule has 1 aliphatic rings. The molecule has 0 aliphatic carbocycles. The predicted molar refractivity (Wildman–Crippen MR) is 52.6 cm³/mol. The second-order valence-electron chi connectivity index (χ2n) is 3.08. The molecule has 6 heteroatoms. The Hall–Kier alpha value is -1.07. The summed E-state index contributed by atoms with van der Waals surface area (Å²) in [5.41, 5.74) is 0. The summed E-state index contributed by atoms with van der Waals surface area (Å²) in [5, 5.41) is 13.5. The number of hydrogen-bond donors (Lipinski definition) is 1. The van der Waals surface area contributed by atoms with Crippen LogP contribution in [0.3, 0.4) is 0 Å². The highest BCUT2D eigenvalue weighted by Gasteiger charge is 2.22. The number of rotatable bonds is 2. The summed E-state index contributed by atoms with van der Waals surface area (Å²) in [6.45, 7) is 0.958. The largest absolute Gasteiger partial charge is 0.433 e. The van der Waals surface area contributed by atoms with Gasteiger partial charge in [0.1, 0.15) is 10.7 Å². The number of halogens is 1. The minimum atomic E-state index is -0.515. The van der Waals surface area contributed by atoms with Crippen molar-refractivity contribution in [1.29, 1.82) is 0 Å². The van der Waals surface area contributed by atoms with Crippen LogP contribution in [0.4, 0.5) is 5.88 Å². The summed E-state index contributed by atoms with van der Waals surface area (Å²) in [7, 11) is 0. The molecule has 1 aromatic heterocycles. The summed E-state index contributed by atoms with van der Waals surface area (Å²) in [6, 6.07) is 3.23. The van der Waals surface area contributed by atoms with E-state index in [1.165, 1.54) is 6.07 Å². The molecule has 14 heavy (non-hydrogen) atoms. The molecule has 5 nitrogen and oxygen atoms in total. The third kappa shape index (κ3) is 2.05. The van der Waals surface area contributed by atoms with Crippen molar-refractivity contribution in [3.05, 3.63) is 28.0 Å². The molecule has 0 aromatic carbocycles. The maximum atomic E-state index is 10.3. The Labute approximate surface area is 87.0 Å². The normalized spacial score (nSPS) is 20.4. The van der Waals surface area contributed by atoms with E-state index in [1.807, 2.05) is 0 Å². The number of furan rings is 1. The number of hydrogen-bond acceptors (Lipinski definition) is 4. The van der Waals surface area contributed by atoms with E-state index in [-0.39, 0.29) is 24.3 Å². The first-order valence-corrected chi connectivity index (χ1v) is 4.25. The molecule has 1 fully saturated rings. The fraction of sp³-hybridized carbons (Fsp3) is 0.500. The zero-order valence-corrected chi connectivity index (χ0v) is 8.25. The molecule has 0 spiro atoms. The average Bonchev–Trinajstić information content (AvgIpc) is 2.75. The van der Waals surface area contributed by atoms with Crippen LogP contribution in [-0.4, -0.2) is 11.5 Å². The van der Waals surface area contributed by atoms with Crippen molar-refractivity contribution in [2.75, 3.05) is 6.54 Å². The van der Waals surface area contributed by atoms with Crippen molar-refractivity contribution in [2.45, 2.75) is 18.9 Å². The van der Waals surface area contributed by atoms with Gasteiger partial charge in [-0.1, -0.05) is 0 Å². The van der Waals surface area contributed by atoms with Gasteiger partial charge in [-0.15, -0.1) is 12.4 Å². The van der Waals surface area contributed by atoms with Crippen LogP contribution in [0.1, 0.15) is 24.6 Å². The third-order valence-electron chi connectivity index (χ3n) is 2.20. The Morgan fingerprint density at radius 2 is 2.36 bits per heavy atom. The molecule has 2 rings (SSSR count). The van der Waals surface area contributed by atoms with E-state index in [0.29, 0.717) is 5.76 Å². The van der Waals surface area contributed by atoms with Gasteiger partial charge in [-0.05, 0) is 25.5 Å². The van der Waals surface area contributed by atoms with Crippen LogP contribution in [0.2, 0.25) is 0 Å². The Bertz CT molecular complexity index is 320.